The predicted octanol–water partition coefficient (Wildman–Crippen LogP) is 2.66. The molecule has 1 atom stereocenters. The van der Waals surface area contributed by atoms with Crippen LogP contribution in [0.2, 0.25) is 0 Å². The molecule has 1 amide bonds. The van der Waals surface area contributed by atoms with Gasteiger partial charge in [-0.05, 0) is 36.1 Å². The summed E-state index contributed by atoms with van der Waals surface area (Å²) in [5.41, 5.74) is 1.68. The summed E-state index contributed by atoms with van der Waals surface area (Å²) in [6.07, 6.45) is 1.33. The molecule has 1 aliphatic heterocycles. The van der Waals surface area contributed by atoms with E-state index >= 15 is 0 Å². The van der Waals surface area contributed by atoms with Gasteiger partial charge in [-0.15, -0.1) is 0 Å². The highest BCUT2D eigenvalue weighted by atomic mass is 19.1. The number of anilines is 1. The maximum absolute atomic E-state index is 13.0. The molecular formula is C11H12FNO. The summed E-state index contributed by atoms with van der Waals surface area (Å²) in [4.78, 5) is 11.3. The molecule has 0 spiro atoms. The van der Waals surface area contributed by atoms with Crippen molar-refractivity contribution in [3.05, 3.63) is 29.6 Å². The molecule has 1 aromatic carbocycles. The van der Waals surface area contributed by atoms with Gasteiger partial charge in [0.25, 0.3) is 0 Å². The Labute approximate surface area is 82.1 Å². The van der Waals surface area contributed by atoms with E-state index in [2.05, 4.69) is 5.32 Å². The minimum atomic E-state index is -0.238. The molecule has 1 heterocycles. The summed E-state index contributed by atoms with van der Waals surface area (Å²) in [7, 11) is 0. The maximum Gasteiger partial charge on any atom is 0.224 e. The van der Waals surface area contributed by atoms with Crippen molar-refractivity contribution in [3.63, 3.8) is 0 Å². The Balaban J connectivity index is 2.46. The third kappa shape index (κ3) is 1.50. The predicted molar refractivity (Wildman–Crippen MR) is 52.7 cm³/mol. The van der Waals surface area contributed by atoms with Gasteiger partial charge in [0.2, 0.25) is 5.91 Å². The van der Waals surface area contributed by atoms with Gasteiger partial charge in [0.1, 0.15) is 5.82 Å². The summed E-state index contributed by atoms with van der Waals surface area (Å²) < 4.78 is 13.0. The Hall–Kier alpha value is -1.38. The molecule has 0 bridgehead atoms. The van der Waals surface area contributed by atoms with Gasteiger partial charge in [-0.1, -0.05) is 6.92 Å². The highest BCUT2D eigenvalue weighted by Crippen LogP contribution is 2.34. The molecule has 0 saturated carbocycles. The third-order valence-electron chi connectivity index (χ3n) is 2.65. The van der Waals surface area contributed by atoms with Crippen LogP contribution in [0.4, 0.5) is 10.1 Å². The van der Waals surface area contributed by atoms with E-state index in [4.69, 9.17) is 0 Å². The van der Waals surface area contributed by atoms with Crippen molar-refractivity contribution in [3.8, 4) is 0 Å². The SMILES string of the molecule is CCC1CC(=O)Nc2ccc(F)cc21. The van der Waals surface area contributed by atoms with Crippen LogP contribution in [0.1, 0.15) is 31.2 Å². The Morgan fingerprint density at radius 2 is 2.36 bits per heavy atom. The van der Waals surface area contributed by atoms with Gasteiger partial charge in [-0.2, -0.15) is 0 Å². The number of nitrogens with one attached hydrogen (secondary N) is 1. The number of amides is 1. The molecule has 0 saturated heterocycles. The van der Waals surface area contributed by atoms with E-state index in [0.717, 1.165) is 17.7 Å². The van der Waals surface area contributed by atoms with Crippen LogP contribution in [-0.2, 0) is 4.79 Å². The van der Waals surface area contributed by atoms with Crippen molar-refractivity contribution in [2.75, 3.05) is 5.32 Å². The third-order valence-corrected chi connectivity index (χ3v) is 2.65. The zero-order valence-corrected chi connectivity index (χ0v) is 8.01. The smallest absolute Gasteiger partial charge is 0.224 e. The number of carbonyl (C=O) groups is 1. The summed E-state index contributed by atoms with van der Waals surface area (Å²) in [5.74, 6) is -0.0521. The van der Waals surface area contributed by atoms with E-state index in [1.54, 1.807) is 6.07 Å². The average Bonchev–Trinajstić information content (AvgIpc) is 2.17. The van der Waals surface area contributed by atoms with Gasteiger partial charge in [0.15, 0.2) is 0 Å². The van der Waals surface area contributed by atoms with E-state index in [0.29, 0.717) is 6.42 Å². The highest BCUT2D eigenvalue weighted by molar-refractivity contribution is 5.94. The fraction of sp³-hybridized carbons (Fsp3) is 0.364. The molecule has 2 nitrogen and oxygen atoms in total. The summed E-state index contributed by atoms with van der Waals surface area (Å²) in [5, 5.41) is 2.75. The van der Waals surface area contributed by atoms with Crippen molar-refractivity contribution in [1.82, 2.24) is 0 Å². The molecule has 14 heavy (non-hydrogen) atoms. The van der Waals surface area contributed by atoms with Crippen molar-refractivity contribution < 1.29 is 9.18 Å². The number of hydrogen-bond acceptors (Lipinski definition) is 1. The average molecular weight is 193 g/mol. The van der Waals surface area contributed by atoms with Gasteiger partial charge >= 0.3 is 0 Å². The zero-order chi connectivity index (χ0) is 10.1. The first-order valence-electron chi connectivity index (χ1n) is 4.80. The molecule has 1 unspecified atom stereocenters. The van der Waals surface area contributed by atoms with Gasteiger partial charge in [0, 0.05) is 12.1 Å². The molecule has 0 aliphatic carbocycles. The fourth-order valence-electron chi connectivity index (χ4n) is 1.88. The Morgan fingerprint density at radius 3 is 3.07 bits per heavy atom. The molecule has 1 aromatic rings. The van der Waals surface area contributed by atoms with Crippen LogP contribution in [0.15, 0.2) is 18.2 Å². The molecule has 0 radical (unpaired) electrons. The number of carbonyl (C=O) groups excluding carboxylic acids is 1. The quantitative estimate of drug-likeness (QED) is 0.729. The minimum Gasteiger partial charge on any atom is -0.326 e. The van der Waals surface area contributed by atoms with Crippen LogP contribution in [0.3, 0.4) is 0 Å². The molecule has 3 heteroatoms. The highest BCUT2D eigenvalue weighted by Gasteiger charge is 2.23. The monoisotopic (exact) mass is 193 g/mol. The van der Waals surface area contributed by atoms with Gasteiger partial charge in [-0.3, -0.25) is 4.79 Å². The van der Waals surface area contributed by atoms with Gasteiger partial charge in [0.05, 0.1) is 0 Å². The first kappa shape index (κ1) is 9.19. The summed E-state index contributed by atoms with van der Waals surface area (Å²) in [6, 6.07) is 4.52. The fourth-order valence-corrected chi connectivity index (χ4v) is 1.88. The Bertz CT molecular complexity index is 376. The van der Waals surface area contributed by atoms with Crippen molar-refractivity contribution in [2.24, 2.45) is 0 Å². The van der Waals surface area contributed by atoms with E-state index in [9.17, 15) is 9.18 Å². The molecule has 1 aliphatic rings. The maximum atomic E-state index is 13.0. The summed E-state index contributed by atoms with van der Waals surface area (Å²) in [6.45, 7) is 2.01. The number of hydrogen-bond donors (Lipinski definition) is 1. The molecule has 0 fully saturated rings. The Morgan fingerprint density at radius 1 is 1.57 bits per heavy atom. The lowest BCUT2D eigenvalue weighted by atomic mass is 9.88. The normalized spacial score (nSPS) is 20.1. The van der Waals surface area contributed by atoms with Crippen LogP contribution < -0.4 is 5.32 Å². The molecule has 2 rings (SSSR count). The van der Waals surface area contributed by atoms with Gasteiger partial charge < -0.3 is 5.32 Å². The van der Waals surface area contributed by atoms with Crippen LogP contribution >= 0.6 is 0 Å². The van der Waals surface area contributed by atoms with E-state index in [1.165, 1.54) is 12.1 Å². The van der Waals surface area contributed by atoms with Gasteiger partial charge in [-0.25, -0.2) is 4.39 Å². The number of benzene rings is 1. The molecular weight excluding hydrogens is 181 g/mol. The number of rotatable bonds is 1. The van der Waals surface area contributed by atoms with E-state index < -0.39 is 0 Å². The zero-order valence-electron chi connectivity index (χ0n) is 8.01. The van der Waals surface area contributed by atoms with Crippen molar-refractivity contribution >= 4 is 11.6 Å². The second-order valence-electron chi connectivity index (χ2n) is 3.59. The standard InChI is InChI=1S/C11H12FNO/c1-2-7-5-11(14)13-10-4-3-8(12)6-9(7)10/h3-4,6-7H,2,5H2,1H3,(H,13,14). The van der Waals surface area contributed by atoms with E-state index in [1.807, 2.05) is 6.92 Å². The minimum absolute atomic E-state index is 0.0240. The lowest BCUT2D eigenvalue weighted by molar-refractivity contribution is -0.116. The largest absolute Gasteiger partial charge is 0.326 e. The second kappa shape index (κ2) is 3.40. The Kier molecular flexibility index (Phi) is 2.23. The molecule has 1 N–H and O–H groups in total. The van der Waals surface area contributed by atoms with E-state index in [-0.39, 0.29) is 17.6 Å². The van der Waals surface area contributed by atoms with Crippen molar-refractivity contribution in [2.45, 2.75) is 25.7 Å². The topological polar surface area (TPSA) is 29.1 Å². The van der Waals surface area contributed by atoms with Crippen LogP contribution in [0.25, 0.3) is 0 Å². The van der Waals surface area contributed by atoms with Crippen LogP contribution in [0.5, 0.6) is 0 Å². The molecule has 0 aromatic heterocycles. The summed E-state index contributed by atoms with van der Waals surface area (Å²) >= 11 is 0. The molecule has 74 valence electrons. The number of fused-ring (bicyclic) bond motifs is 1. The first-order chi connectivity index (χ1) is 6.70. The lowest BCUT2D eigenvalue weighted by Gasteiger charge is -2.24. The number of halogens is 1. The first-order valence-corrected chi connectivity index (χ1v) is 4.80. The van der Waals surface area contributed by atoms with Crippen molar-refractivity contribution in [1.29, 1.82) is 0 Å². The van der Waals surface area contributed by atoms with Crippen LogP contribution in [0, 0.1) is 5.82 Å². The second-order valence-corrected chi connectivity index (χ2v) is 3.59. The lowest BCUT2D eigenvalue weighted by Crippen LogP contribution is -2.22. The van der Waals surface area contributed by atoms with Crippen LogP contribution in [-0.4, -0.2) is 5.91 Å².